The highest BCUT2D eigenvalue weighted by Gasteiger charge is 2.37. The fourth-order valence-electron chi connectivity index (χ4n) is 4.15. The zero-order valence-electron chi connectivity index (χ0n) is 19.9. The molecule has 3 aromatic rings. The van der Waals surface area contributed by atoms with Gasteiger partial charge in [-0.05, 0) is 42.7 Å². The normalized spacial score (nSPS) is 15.0. The van der Waals surface area contributed by atoms with E-state index in [4.69, 9.17) is 13.9 Å². The number of aromatic nitrogens is 1. The molecule has 1 aliphatic carbocycles. The fourth-order valence-corrected chi connectivity index (χ4v) is 4.15. The molecule has 3 heterocycles. The SMILES string of the molecule is N#Cc1c(C(F)(F)F)cc(-c2ccc(C3=COC=C(C4=CC=CCC4)O3)o2)n(Cc2ccc(F)cc2F)c1=O. The van der Waals surface area contributed by atoms with Gasteiger partial charge in [-0.1, -0.05) is 24.3 Å². The van der Waals surface area contributed by atoms with E-state index >= 15 is 0 Å². The highest BCUT2D eigenvalue weighted by Crippen LogP contribution is 2.36. The van der Waals surface area contributed by atoms with Crippen molar-refractivity contribution in [2.24, 2.45) is 0 Å². The van der Waals surface area contributed by atoms with Crippen LogP contribution in [-0.4, -0.2) is 4.57 Å². The Bertz CT molecular complexity index is 1680. The molecule has 0 saturated heterocycles. The van der Waals surface area contributed by atoms with E-state index in [2.05, 4.69) is 0 Å². The molecule has 0 spiro atoms. The molecule has 0 fully saturated rings. The summed E-state index contributed by atoms with van der Waals surface area (Å²) in [5, 5.41) is 9.35. The molecule has 1 aromatic carbocycles. The number of furan rings is 1. The van der Waals surface area contributed by atoms with Crippen LogP contribution in [0.25, 0.3) is 17.2 Å². The number of hydrogen-bond donors (Lipinski definition) is 0. The standard InChI is InChI=1S/C28H17F5N2O4/c29-18-7-6-17(21(30)10-18)13-35-22(11-20(28(31,32)33)19(12-34)27(35)36)23-8-9-24(38-23)26-15-37-14-25(39-26)16-4-2-1-3-5-16/h1-2,4,6-11,14-15H,3,5,13H2. The minimum atomic E-state index is -5.04. The maximum atomic E-state index is 14.4. The Hall–Kier alpha value is -4.85. The minimum Gasteiger partial charge on any atom is -0.465 e. The predicted molar refractivity (Wildman–Crippen MR) is 128 cm³/mol. The number of alkyl halides is 3. The molecule has 11 heteroatoms. The number of halogens is 5. The van der Waals surface area contributed by atoms with Gasteiger partial charge in [0.2, 0.25) is 5.76 Å². The maximum absolute atomic E-state index is 14.4. The summed E-state index contributed by atoms with van der Waals surface area (Å²) >= 11 is 0. The lowest BCUT2D eigenvalue weighted by atomic mass is 10.0. The van der Waals surface area contributed by atoms with E-state index < -0.39 is 41.0 Å². The van der Waals surface area contributed by atoms with Crippen LogP contribution in [0.15, 0.2) is 87.7 Å². The second kappa shape index (κ2) is 10.1. The average molecular weight is 540 g/mol. The van der Waals surface area contributed by atoms with Crippen LogP contribution in [0.4, 0.5) is 22.0 Å². The van der Waals surface area contributed by atoms with E-state index in [1.165, 1.54) is 30.7 Å². The average Bonchev–Trinajstić information content (AvgIpc) is 3.41. The number of pyridine rings is 1. The van der Waals surface area contributed by atoms with Crippen molar-refractivity contribution in [3.63, 3.8) is 0 Å². The molecule has 198 valence electrons. The summed E-state index contributed by atoms with van der Waals surface area (Å²) in [7, 11) is 0. The topological polar surface area (TPSA) is 77.4 Å². The molecule has 39 heavy (non-hydrogen) atoms. The lowest BCUT2D eigenvalue weighted by Crippen LogP contribution is -2.29. The van der Waals surface area contributed by atoms with Crippen LogP contribution >= 0.6 is 0 Å². The van der Waals surface area contributed by atoms with Crippen LogP contribution in [0.3, 0.4) is 0 Å². The Morgan fingerprint density at radius 1 is 1.03 bits per heavy atom. The van der Waals surface area contributed by atoms with Crippen molar-refractivity contribution in [1.29, 1.82) is 5.26 Å². The predicted octanol–water partition coefficient (Wildman–Crippen LogP) is 6.79. The van der Waals surface area contributed by atoms with Crippen LogP contribution in [0.1, 0.15) is 35.3 Å². The molecule has 5 rings (SSSR count). The molecule has 0 N–H and O–H groups in total. The van der Waals surface area contributed by atoms with Crippen molar-refractivity contribution in [2.45, 2.75) is 25.6 Å². The highest BCUT2D eigenvalue weighted by molar-refractivity contribution is 5.63. The van der Waals surface area contributed by atoms with Gasteiger partial charge < -0.3 is 13.9 Å². The van der Waals surface area contributed by atoms with Gasteiger partial charge in [0.05, 0.1) is 17.8 Å². The fraction of sp³-hybridized carbons (Fsp3) is 0.143. The van der Waals surface area contributed by atoms with Gasteiger partial charge in [-0.15, -0.1) is 0 Å². The molecule has 0 saturated carbocycles. The lowest BCUT2D eigenvalue weighted by molar-refractivity contribution is -0.137. The van der Waals surface area contributed by atoms with Gasteiger partial charge in [-0.2, -0.15) is 18.4 Å². The van der Waals surface area contributed by atoms with Gasteiger partial charge >= 0.3 is 6.18 Å². The van der Waals surface area contributed by atoms with Gasteiger partial charge in [0.15, 0.2) is 17.3 Å². The van der Waals surface area contributed by atoms with Crippen molar-refractivity contribution in [1.82, 2.24) is 4.57 Å². The molecule has 6 nitrogen and oxygen atoms in total. The van der Waals surface area contributed by atoms with E-state index in [0.29, 0.717) is 24.3 Å². The number of ether oxygens (including phenoxy) is 2. The Kier molecular flexibility index (Phi) is 6.70. The number of allylic oxidation sites excluding steroid dienone is 4. The summed E-state index contributed by atoms with van der Waals surface area (Å²) in [6.45, 7) is -0.597. The van der Waals surface area contributed by atoms with Gasteiger partial charge in [-0.3, -0.25) is 9.36 Å². The van der Waals surface area contributed by atoms with Crippen molar-refractivity contribution in [2.75, 3.05) is 0 Å². The van der Waals surface area contributed by atoms with E-state index in [9.17, 15) is 32.0 Å². The Labute approximate surface area is 217 Å². The van der Waals surface area contributed by atoms with Gasteiger partial charge in [0.1, 0.15) is 35.8 Å². The van der Waals surface area contributed by atoms with Crippen LogP contribution in [0.5, 0.6) is 0 Å². The summed E-state index contributed by atoms with van der Waals surface area (Å²) in [6, 6.07) is 7.16. The molecule has 0 amide bonds. The molecule has 0 unspecified atom stereocenters. The summed E-state index contributed by atoms with van der Waals surface area (Å²) < 4.78 is 87.0. The van der Waals surface area contributed by atoms with Crippen molar-refractivity contribution in [3.8, 4) is 17.5 Å². The molecule has 0 bridgehead atoms. The number of rotatable bonds is 5. The van der Waals surface area contributed by atoms with Crippen molar-refractivity contribution >= 4 is 5.76 Å². The van der Waals surface area contributed by atoms with Crippen LogP contribution in [0, 0.1) is 23.0 Å². The van der Waals surface area contributed by atoms with E-state index in [-0.39, 0.29) is 28.5 Å². The first-order valence-corrected chi connectivity index (χ1v) is 11.5. The van der Waals surface area contributed by atoms with Gasteiger partial charge in [0.25, 0.3) is 5.56 Å². The largest absolute Gasteiger partial charge is 0.465 e. The third-order valence-corrected chi connectivity index (χ3v) is 6.06. The lowest BCUT2D eigenvalue weighted by Gasteiger charge is -2.18. The minimum absolute atomic E-state index is 0.0763. The number of nitriles is 1. The van der Waals surface area contributed by atoms with Crippen LogP contribution in [-0.2, 0) is 22.2 Å². The first-order valence-electron chi connectivity index (χ1n) is 11.5. The van der Waals surface area contributed by atoms with Gasteiger partial charge in [0, 0.05) is 11.6 Å². The number of hydrogen-bond acceptors (Lipinski definition) is 5. The number of benzene rings is 1. The summed E-state index contributed by atoms with van der Waals surface area (Å²) in [4.78, 5) is 13.1. The Morgan fingerprint density at radius 2 is 1.79 bits per heavy atom. The monoisotopic (exact) mass is 540 g/mol. The first kappa shape index (κ1) is 25.8. The van der Waals surface area contributed by atoms with Crippen LogP contribution in [0.2, 0.25) is 0 Å². The zero-order chi connectivity index (χ0) is 27.7. The maximum Gasteiger partial charge on any atom is 0.417 e. The smallest absolute Gasteiger partial charge is 0.417 e. The Balaban J connectivity index is 1.58. The second-order valence-corrected chi connectivity index (χ2v) is 8.58. The number of nitrogens with zero attached hydrogens (tertiary/aromatic N) is 2. The third-order valence-electron chi connectivity index (χ3n) is 6.06. The summed E-state index contributed by atoms with van der Waals surface area (Å²) in [6.07, 6.45) is 4.85. The van der Waals surface area contributed by atoms with Crippen molar-refractivity contribution < 1.29 is 35.8 Å². The van der Waals surface area contributed by atoms with Crippen molar-refractivity contribution in [3.05, 3.63) is 123 Å². The quantitative estimate of drug-likeness (QED) is 0.333. The van der Waals surface area contributed by atoms with E-state index in [1.54, 1.807) is 0 Å². The first-order chi connectivity index (χ1) is 18.7. The van der Waals surface area contributed by atoms with E-state index in [0.717, 1.165) is 28.7 Å². The molecule has 0 atom stereocenters. The summed E-state index contributed by atoms with van der Waals surface area (Å²) in [5.74, 6) is -1.46. The molecule has 0 radical (unpaired) electrons. The third kappa shape index (κ3) is 5.13. The van der Waals surface area contributed by atoms with Crippen LogP contribution < -0.4 is 5.56 Å². The van der Waals surface area contributed by atoms with E-state index in [1.807, 2.05) is 18.2 Å². The molecule has 2 aromatic heterocycles. The Morgan fingerprint density at radius 3 is 2.49 bits per heavy atom. The molecule has 2 aliphatic rings. The molecule has 1 aliphatic heterocycles. The molecular weight excluding hydrogens is 523 g/mol. The summed E-state index contributed by atoms with van der Waals surface area (Å²) in [5.41, 5.74) is -3.66. The second-order valence-electron chi connectivity index (χ2n) is 8.58. The highest BCUT2D eigenvalue weighted by atomic mass is 19.4. The molecular formula is C28H17F5N2O4. The van der Waals surface area contributed by atoms with Gasteiger partial charge in [-0.25, -0.2) is 8.78 Å². The zero-order valence-corrected chi connectivity index (χ0v) is 19.9.